The Balaban J connectivity index is 2.44. The first-order valence-electron chi connectivity index (χ1n) is 9.28. The monoisotopic (exact) mass is 381 g/mol. The molecule has 0 saturated heterocycles. The molecule has 0 aliphatic heterocycles. The number of nitrogens with zero attached hydrogens (tertiary/aromatic N) is 5. The van der Waals surface area contributed by atoms with Gasteiger partial charge in [-0.3, -0.25) is 9.89 Å². The molecular formula is C20H27N7O. The lowest BCUT2D eigenvalue weighted by molar-refractivity contribution is -0.114. The molecule has 8 nitrogen and oxygen atoms in total. The van der Waals surface area contributed by atoms with E-state index in [-0.39, 0.29) is 11.3 Å². The highest BCUT2D eigenvalue weighted by Gasteiger charge is 2.24. The van der Waals surface area contributed by atoms with E-state index in [2.05, 4.69) is 50.6 Å². The number of carbonyl (C=O) groups excluding carboxylic acids is 1. The Morgan fingerprint density at radius 3 is 2.50 bits per heavy atom. The van der Waals surface area contributed by atoms with Crippen molar-refractivity contribution < 1.29 is 4.79 Å². The van der Waals surface area contributed by atoms with Crippen molar-refractivity contribution >= 4 is 28.8 Å². The van der Waals surface area contributed by atoms with Gasteiger partial charge < -0.3 is 10.2 Å². The van der Waals surface area contributed by atoms with E-state index in [0.29, 0.717) is 28.5 Å². The normalized spacial score (nSPS) is 11.5. The van der Waals surface area contributed by atoms with Gasteiger partial charge in [-0.25, -0.2) is 0 Å². The summed E-state index contributed by atoms with van der Waals surface area (Å²) in [7, 11) is 0. The Hall–Kier alpha value is -3.21. The molecule has 28 heavy (non-hydrogen) atoms. The molecule has 1 aromatic carbocycles. The largest absolute Gasteiger partial charge is 0.372 e. The van der Waals surface area contributed by atoms with Gasteiger partial charge in [0, 0.05) is 31.1 Å². The molecular weight excluding hydrogens is 354 g/mol. The highest BCUT2D eigenvalue weighted by Crippen LogP contribution is 2.33. The van der Waals surface area contributed by atoms with E-state index in [1.54, 1.807) is 6.07 Å². The van der Waals surface area contributed by atoms with Crippen molar-refractivity contribution in [3.8, 4) is 6.07 Å². The molecule has 2 aromatic rings. The molecule has 1 aromatic heterocycles. The number of rotatable bonds is 6. The van der Waals surface area contributed by atoms with Crippen LogP contribution in [0.2, 0.25) is 0 Å². The molecule has 0 radical (unpaired) electrons. The second-order valence-electron chi connectivity index (χ2n) is 7.41. The predicted molar refractivity (Wildman–Crippen MR) is 110 cm³/mol. The number of H-pyrrole nitrogens is 1. The number of nitriles is 1. The minimum atomic E-state index is -0.290. The van der Waals surface area contributed by atoms with Crippen molar-refractivity contribution in [3.63, 3.8) is 0 Å². The number of azo groups is 1. The third kappa shape index (κ3) is 4.74. The smallest absolute Gasteiger partial charge is 0.221 e. The average molecular weight is 381 g/mol. The van der Waals surface area contributed by atoms with Gasteiger partial charge in [0.15, 0.2) is 5.82 Å². The number of carbonyl (C=O) groups is 1. The minimum absolute atomic E-state index is 0.192. The molecule has 0 spiro atoms. The lowest BCUT2D eigenvalue weighted by Crippen LogP contribution is -2.21. The van der Waals surface area contributed by atoms with Gasteiger partial charge >= 0.3 is 0 Å². The quantitative estimate of drug-likeness (QED) is 0.700. The Morgan fingerprint density at radius 2 is 1.96 bits per heavy atom. The van der Waals surface area contributed by atoms with E-state index < -0.39 is 0 Å². The van der Waals surface area contributed by atoms with Crippen molar-refractivity contribution in [2.24, 2.45) is 10.2 Å². The zero-order chi connectivity index (χ0) is 20.9. The van der Waals surface area contributed by atoms with E-state index >= 15 is 0 Å². The molecule has 2 rings (SSSR count). The predicted octanol–water partition coefficient (Wildman–Crippen LogP) is 4.80. The summed E-state index contributed by atoms with van der Waals surface area (Å²) in [5, 5.41) is 27.7. The van der Waals surface area contributed by atoms with Gasteiger partial charge in [-0.2, -0.15) is 10.4 Å². The lowest BCUT2D eigenvalue weighted by atomic mass is 9.90. The minimum Gasteiger partial charge on any atom is -0.372 e. The third-order valence-corrected chi connectivity index (χ3v) is 4.25. The van der Waals surface area contributed by atoms with Crippen LogP contribution in [0.5, 0.6) is 0 Å². The van der Waals surface area contributed by atoms with E-state index in [1.807, 2.05) is 32.9 Å². The highest BCUT2D eigenvalue weighted by molar-refractivity contribution is 5.93. The van der Waals surface area contributed by atoms with Crippen molar-refractivity contribution in [2.75, 3.05) is 23.3 Å². The summed E-state index contributed by atoms with van der Waals surface area (Å²) in [5.74, 6) is 0.108. The van der Waals surface area contributed by atoms with E-state index in [1.165, 1.54) is 6.92 Å². The third-order valence-electron chi connectivity index (χ3n) is 4.25. The standard InChI is InChI=1S/C20H27N7O/c1-7-27(8-2)14-9-10-16(17(11-14)22-13(3)28)23-25-19-15(12-21)18(24-26-19)20(4,5)6/h9-11H,7-8H2,1-6H3,(H,22,28)(H,24,26)/b25-23+. The van der Waals surface area contributed by atoms with Crippen molar-refractivity contribution in [3.05, 3.63) is 29.5 Å². The Kier molecular flexibility index (Phi) is 6.52. The van der Waals surface area contributed by atoms with Crippen LogP contribution in [0.25, 0.3) is 0 Å². The van der Waals surface area contributed by atoms with Crippen LogP contribution in [0.4, 0.5) is 22.9 Å². The fourth-order valence-corrected chi connectivity index (χ4v) is 2.84. The van der Waals surface area contributed by atoms with Crippen LogP contribution in [0, 0.1) is 11.3 Å². The van der Waals surface area contributed by atoms with Crippen LogP contribution in [-0.4, -0.2) is 29.2 Å². The first kappa shape index (κ1) is 21.1. The molecule has 0 unspecified atom stereocenters. The van der Waals surface area contributed by atoms with Gasteiger partial charge in [0.1, 0.15) is 17.3 Å². The van der Waals surface area contributed by atoms with Gasteiger partial charge in [-0.1, -0.05) is 20.8 Å². The van der Waals surface area contributed by atoms with Crippen LogP contribution >= 0.6 is 0 Å². The number of amides is 1. The van der Waals surface area contributed by atoms with Crippen LogP contribution in [0.3, 0.4) is 0 Å². The van der Waals surface area contributed by atoms with E-state index in [4.69, 9.17) is 0 Å². The van der Waals surface area contributed by atoms with Crippen molar-refractivity contribution in [1.29, 1.82) is 5.26 Å². The lowest BCUT2D eigenvalue weighted by Gasteiger charge is -2.22. The number of nitrogens with one attached hydrogen (secondary N) is 2. The van der Waals surface area contributed by atoms with Crippen molar-refractivity contribution in [1.82, 2.24) is 10.2 Å². The zero-order valence-corrected chi connectivity index (χ0v) is 17.3. The summed E-state index contributed by atoms with van der Waals surface area (Å²) in [6.45, 7) is 13.2. The molecule has 0 aliphatic rings. The van der Waals surface area contributed by atoms with Gasteiger partial charge in [-0.15, -0.1) is 10.2 Å². The van der Waals surface area contributed by atoms with Crippen molar-refractivity contribution in [2.45, 2.75) is 47.0 Å². The molecule has 1 amide bonds. The second kappa shape index (κ2) is 8.65. The second-order valence-corrected chi connectivity index (χ2v) is 7.41. The maximum absolute atomic E-state index is 11.6. The SMILES string of the molecule is CCN(CC)c1ccc(/N=N/c2[nH]nc(C(C)(C)C)c2C#N)c(NC(C)=O)c1. The number of aromatic amines is 1. The fraction of sp³-hybridized carbons (Fsp3) is 0.450. The Morgan fingerprint density at radius 1 is 1.29 bits per heavy atom. The Labute approximate surface area is 165 Å². The van der Waals surface area contributed by atoms with Crippen LogP contribution in [-0.2, 0) is 10.2 Å². The Bertz CT molecular complexity index is 912. The fourth-order valence-electron chi connectivity index (χ4n) is 2.84. The molecule has 2 N–H and O–H groups in total. The zero-order valence-electron chi connectivity index (χ0n) is 17.3. The summed E-state index contributed by atoms with van der Waals surface area (Å²) in [5.41, 5.74) is 2.78. The first-order valence-corrected chi connectivity index (χ1v) is 9.28. The number of hydrogen-bond donors (Lipinski definition) is 2. The molecule has 0 bridgehead atoms. The molecule has 0 fully saturated rings. The summed E-state index contributed by atoms with van der Waals surface area (Å²) >= 11 is 0. The maximum Gasteiger partial charge on any atom is 0.221 e. The summed E-state index contributed by atoms with van der Waals surface area (Å²) in [6.07, 6.45) is 0. The van der Waals surface area contributed by atoms with E-state index in [0.717, 1.165) is 18.8 Å². The molecule has 148 valence electrons. The number of benzene rings is 1. The molecule has 0 atom stereocenters. The topological polar surface area (TPSA) is 110 Å². The summed E-state index contributed by atoms with van der Waals surface area (Å²) in [6, 6.07) is 7.76. The highest BCUT2D eigenvalue weighted by atomic mass is 16.1. The number of aromatic nitrogens is 2. The average Bonchev–Trinajstić information content (AvgIpc) is 3.05. The van der Waals surface area contributed by atoms with Gasteiger partial charge in [0.25, 0.3) is 0 Å². The summed E-state index contributed by atoms with van der Waals surface area (Å²) in [4.78, 5) is 13.8. The first-order chi connectivity index (χ1) is 13.2. The van der Waals surface area contributed by atoms with E-state index in [9.17, 15) is 10.1 Å². The molecule has 0 aliphatic carbocycles. The van der Waals surface area contributed by atoms with Crippen LogP contribution < -0.4 is 10.2 Å². The van der Waals surface area contributed by atoms with Gasteiger partial charge in [0.05, 0.1) is 11.4 Å². The maximum atomic E-state index is 11.6. The molecule has 0 saturated carbocycles. The van der Waals surface area contributed by atoms with Crippen LogP contribution in [0.1, 0.15) is 52.8 Å². The van der Waals surface area contributed by atoms with Crippen LogP contribution in [0.15, 0.2) is 28.4 Å². The van der Waals surface area contributed by atoms with Gasteiger partial charge in [0.2, 0.25) is 5.91 Å². The number of hydrogen-bond acceptors (Lipinski definition) is 6. The molecule has 8 heteroatoms. The molecule has 1 heterocycles. The van der Waals surface area contributed by atoms with Gasteiger partial charge in [-0.05, 0) is 32.0 Å². The summed E-state index contributed by atoms with van der Waals surface area (Å²) < 4.78 is 0. The number of anilines is 2.